The Kier molecular flexibility index (Phi) is 6.48. The Labute approximate surface area is 111 Å². The predicted octanol–water partition coefficient (Wildman–Crippen LogP) is 4.30. The number of hydrogen-bond donors (Lipinski definition) is 0. The Balaban J connectivity index is 2.73. The summed E-state index contributed by atoms with van der Waals surface area (Å²) >= 11 is 0. The molecule has 0 aromatic heterocycles. The second kappa shape index (κ2) is 7.91. The molecule has 100 valence electrons. The molecule has 0 aliphatic heterocycles. The molecule has 0 atom stereocenters. The second-order valence-corrected chi connectivity index (χ2v) is 4.80. The van der Waals surface area contributed by atoms with Crippen LogP contribution in [0.4, 0.5) is 5.69 Å². The van der Waals surface area contributed by atoms with Crippen LogP contribution in [0.2, 0.25) is 0 Å². The molecule has 1 aromatic rings. The number of nitrogens with zero attached hydrogens (tertiary/aromatic N) is 1. The van der Waals surface area contributed by atoms with Crippen molar-refractivity contribution in [3.63, 3.8) is 0 Å². The van der Waals surface area contributed by atoms with Gasteiger partial charge in [0.05, 0.1) is 0 Å². The summed E-state index contributed by atoms with van der Waals surface area (Å²) < 4.78 is 0. The maximum Gasteiger partial charge on any atom is 0.159 e. The van der Waals surface area contributed by atoms with Gasteiger partial charge in [0.2, 0.25) is 0 Å². The van der Waals surface area contributed by atoms with E-state index in [1.165, 1.54) is 31.4 Å². The van der Waals surface area contributed by atoms with Crippen molar-refractivity contribution >= 4 is 11.5 Å². The minimum Gasteiger partial charge on any atom is -0.372 e. The van der Waals surface area contributed by atoms with Crippen LogP contribution in [0.1, 0.15) is 56.8 Å². The summed E-state index contributed by atoms with van der Waals surface area (Å²) in [5.74, 6) is 0.134. The quantitative estimate of drug-likeness (QED) is 0.638. The summed E-state index contributed by atoms with van der Waals surface area (Å²) in [7, 11) is 0. The lowest BCUT2D eigenvalue weighted by Gasteiger charge is -2.24. The van der Waals surface area contributed by atoms with E-state index in [2.05, 4.69) is 30.9 Å². The van der Waals surface area contributed by atoms with Crippen LogP contribution in [0.3, 0.4) is 0 Å². The number of anilines is 1. The highest BCUT2D eigenvalue weighted by Crippen LogP contribution is 2.17. The van der Waals surface area contributed by atoms with E-state index >= 15 is 0 Å². The highest BCUT2D eigenvalue weighted by molar-refractivity contribution is 5.94. The van der Waals surface area contributed by atoms with Crippen molar-refractivity contribution in [1.82, 2.24) is 0 Å². The zero-order valence-electron chi connectivity index (χ0n) is 11.9. The fourth-order valence-corrected chi connectivity index (χ4v) is 1.97. The van der Waals surface area contributed by atoms with Crippen LogP contribution in [0, 0.1) is 0 Å². The summed E-state index contributed by atoms with van der Waals surface area (Å²) in [5.41, 5.74) is 2.03. The van der Waals surface area contributed by atoms with Crippen LogP contribution >= 0.6 is 0 Å². The van der Waals surface area contributed by atoms with Gasteiger partial charge >= 0.3 is 0 Å². The molecule has 0 radical (unpaired) electrons. The van der Waals surface area contributed by atoms with Gasteiger partial charge in [-0.3, -0.25) is 4.79 Å². The van der Waals surface area contributed by atoms with Gasteiger partial charge in [-0.15, -0.1) is 0 Å². The number of Topliss-reactive ketones (excluding diaryl/α,β-unsaturated/α-hetero) is 1. The topological polar surface area (TPSA) is 20.3 Å². The molecule has 0 aliphatic rings. The molecule has 0 aliphatic carbocycles. The summed E-state index contributed by atoms with van der Waals surface area (Å²) in [6.07, 6.45) is 4.87. The first kappa shape index (κ1) is 14.7. The van der Waals surface area contributed by atoms with Gasteiger partial charge in [0, 0.05) is 24.3 Å². The number of rotatable bonds is 8. The van der Waals surface area contributed by atoms with Crippen molar-refractivity contribution in [3.05, 3.63) is 29.8 Å². The Morgan fingerprint density at radius 3 is 1.89 bits per heavy atom. The van der Waals surface area contributed by atoms with Crippen molar-refractivity contribution in [3.8, 4) is 0 Å². The SMILES string of the molecule is CCCCN(CCCC)c1ccc(C(C)=O)cc1. The molecule has 0 saturated heterocycles. The van der Waals surface area contributed by atoms with Crippen LogP contribution < -0.4 is 4.90 Å². The third kappa shape index (κ3) is 4.52. The number of hydrogen-bond acceptors (Lipinski definition) is 2. The zero-order chi connectivity index (χ0) is 13.4. The standard InChI is InChI=1S/C16H25NO/c1-4-6-12-17(13-7-5-2)16-10-8-15(9-11-16)14(3)18/h8-11H,4-7,12-13H2,1-3H3. The van der Waals surface area contributed by atoms with E-state index in [1.807, 2.05) is 12.1 Å². The molecule has 0 N–H and O–H groups in total. The molecule has 18 heavy (non-hydrogen) atoms. The smallest absolute Gasteiger partial charge is 0.159 e. The Hall–Kier alpha value is -1.31. The molecule has 0 unspecified atom stereocenters. The normalized spacial score (nSPS) is 10.4. The number of carbonyl (C=O) groups excluding carboxylic acids is 1. The van der Waals surface area contributed by atoms with Crippen molar-refractivity contribution in [1.29, 1.82) is 0 Å². The maximum absolute atomic E-state index is 11.3. The fraction of sp³-hybridized carbons (Fsp3) is 0.562. The molecule has 0 heterocycles. The molecular weight excluding hydrogens is 222 g/mol. The monoisotopic (exact) mass is 247 g/mol. The third-order valence-corrected chi connectivity index (χ3v) is 3.20. The van der Waals surface area contributed by atoms with Gasteiger partial charge in [0.15, 0.2) is 5.78 Å². The van der Waals surface area contributed by atoms with E-state index < -0.39 is 0 Å². The number of unbranched alkanes of at least 4 members (excludes halogenated alkanes) is 2. The Bertz CT molecular complexity index is 348. The number of ketones is 1. The van der Waals surface area contributed by atoms with E-state index in [4.69, 9.17) is 0 Å². The molecule has 0 bridgehead atoms. The van der Waals surface area contributed by atoms with E-state index in [1.54, 1.807) is 6.92 Å². The van der Waals surface area contributed by atoms with E-state index in [9.17, 15) is 4.79 Å². The van der Waals surface area contributed by atoms with Gasteiger partial charge in [-0.1, -0.05) is 26.7 Å². The van der Waals surface area contributed by atoms with Gasteiger partial charge in [0.1, 0.15) is 0 Å². The van der Waals surface area contributed by atoms with Crippen molar-refractivity contribution < 1.29 is 4.79 Å². The lowest BCUT2D eigenvalue weighted by Crippen LogP contribution is -2.25. The summed E-state index contributed by atoms with van der Waals surface area (Å²) in [5, 5.41) is 0. The Morgan fingerprint density at radius 2 is 1.50 bits per heavy atom. The molecule has 0 saturated carbocycles. The molecule has 2 heteroatoms. The first-order chi connectivity index (χ1) is 8.69. The lowest BCUT2D eigenvalue weighted by molar-refractivity contribution is 0.101. The summed E-state index contributed by atoms with van der Waals surface area (Å²) in [6.45, 7) is 8.26. The summed E-state index contributed by atoms with van der Waals surface area (Å²) in [6, 6.07) is 8.01. The lowest BCUT2D eigenvalue weighted by atomic mass is 10.1. The number of benzene rings is 1. The average molecular weight is 247 g/mol. The highest BCUT2D eigenvalue weighted by Gasteiger charge is 2.06. The largest absolute Gasteiger partial charge is 0.372 e. The minimum absolute atomic E-state index is 0.134. The van der Waals surface area contributed by atoms with Crippen LogP contribution in [-0.4, -0.2) is 18.9 Å². The van der Waals surface area contributed by atoms with Crippen molar-refractivity contribution in [2.45, 2.75) is 46.5 Å². The van der Waals surface area contributed by atoms with Gasteiger partial charge in [-0.2, -0.15) is 0 Å². The maximum atomic E-state index is 11.3. The molecule has 0 fully saturated rings. The summed E-state index contributed by atoms with van der Waals surface area (Å²) in [4.78, 5) is 13.7. The Morgan fingerprint density at radius 1 is 1.00 bits per heavy atom. The first-order valence-electron chi connectivity index (χ1n) is 7.05. The van der Waals surface area contributed by atoms with Crippen molar-refractivity contribution in [2.24, 2.45) is 0 Å². The van der Waals surface area contributed by atoms with Gasteiger partial charge in [0.25, 0.3) is 0 Å². The van der Waals surface area contributed by atoms with E-state index in [0.717, 1.165) is 18.7 Å². The van der Waals surface area contributed by atoms with Gasteiger partial charge in [-0.05, 0) is 44.0 Å². The average Bonchev–Trinajstić information content (AvgIpc) is 2.39. The zero-order valence-corrected chi connectivity index (χ0v) is 11.9. The van der Waals surface area contributed by atoms with Crippen LogP contribution in [-0.2, 0) is 0 Å². The minimum atomic E-state index is 0.134. The highest BCUT2D eigenvalue weighted by atomic mass is 16.1. The van der Waals surface area contributed by atoms with Crippen LogP contribution in [0.15, 0.2) is 24.3 Å². The number of carbonyl (C=O) groups is 1. The van der Waals surface area contributed by atoms with Crippen molar-refractivity contribution in [2.75, 3.05) is 18.0 Å². The molecule has 2 nitrogen and oxygen atoms in total. The second-order valence-electron chi connectivity index (χ2n) is 4.80. The molecule has 0 spiro atoms. The van der Waals surface area contributed by atoms with Gasteiger partial charge in [-0.25, -0.2) is 0 Å². The van der Waals surface area contributed by atoms with Crippen LogP contribution in [0.5, 0.6) is 0 Å². The molecule has 0 amide bonds. The van der Waals surface area contributed by atoms with Gasteiger partial charge < -0.3 is 4.90 Å². The fourth-order valence-electron chi connectivity index (χ4n) is 1.97. The van der Waals surface area contributed by atoms with E-state index in [-0.39, 0.29) is 5.78 Å². The predicted molar refractivity (Wildman–Crippen MR) is 78.5 cm³/mol. The molecule has 1 rings (SSSR count). The van der Waals surface area contributed by atoms with E-state index in [0.29, 0.717) is 0 Å². The molecular formula is C16H25NO. The van der Waals surface area contributed by atoms with Crippen LogP contribution in [0.25, 0.3) is 0 Å². The molecule has 1 aromatic carbocycles. The first-order valence-corrected chi connectivity index (χ1v) is 7.05. The third-order valence-electron chi connectivity index (χ3n) is 3.20.